The summed E-state index contributed by atoms with van der Waals surface area (Å²) in [6.07, 6.45) is -3.25. The van der Waals surface area contributed by atoms with E-state index in [1.54, 1.807) is 0 Å². The molecule has 0 fully saturated rings. The van der Waals surface area contributed by atoms with Gasteiger partial charge < -0.3 is 0 Å². The van der Waals surface area contributed by atoms with E-state index in [2.05, 4.69) is 4.99 Å². The van der Waals surface area contributed by atoms with Gasteiger partial charge in [-0.3, -0.25) is 9.36 Å². The van der Waals surface area contributed by atoms with Crippen molar-refractivity contribution in [2.75, 3.05) is 0 Å². The molecule has 118 valence electrons. The number of alkyl halides is 5. The van der Waals surface area contributed by atoms with Gasteiger partial charge >= 0.3 is 6.18 Å². The zero-order valence-corrected chi connectivity index (χ0v) is 12.8. The summed E-state index contributed by atoms with van der Waals surface area (Å²) in [4.78, 5) is 14.6. The fourth-order valence-electron chi connectivity index (χ4n) is 1.56. The summed E-state index contributed by atoms with van der Waals surface area (Å²) in [6.45, 7) is 0. The van der Waals surface area contributed by atoms with Gasteiger partial charge in [-0.2, -0.15) is 18.2 Å². The van der Waals surface area contributed by atoms with Crippen LogP contribution in [0.5, 0.6) is 0 Å². The second-order valence-corrected chi connectivity index (χ2v) is 6.01. The molecule has 0 bridgehead atoms. The maximum Gasteiger partial charge on any atom is 0.416 e. The second-order valence-electron chi connectivity index (χ2n) is 3.99. The first-order valence-corrected chi connectivity index (χ1v) is 7.24. The van der Waals surface area contributed by atoms with Crippen molar-refractivity contribution in [3.63, 3.8) is 0 Å². The van der Waals surface area contributed by atoms with Crippen molar-refractivity contribution in [2.45, 2.75) is 11.8 Å². The molecule has 1 unspecified atom stereocenters. The van der Waals surface area contributed by atoms with E-state index < -0.39 is 23.3 Å². The number of amides is 1. The maximum atomic E-state index is 12.7. The van der Waals surface area contributed by atoms with Gasteiger partial charge in [-0.15, -0.1) is 0 Å². The van der Waals surface area contributed by atoms with Gasteiger partial charge in [0, 0.05) is 11.9 Å². The Hall–Kier alpha value is -1.38. The number of carbonyl (C=O) groups excluding carboxylic acids is 1. The highest BCUT2D eigenvalue weighted by molar-refractivity contribution is 7.13. The summed E-state index contributed by atoms with van der Waals surface area (Å²) in [7, 11) is 0. The normalized spacial score (nSPS) is 14.2. The molecule has 0 radical (unpaired) electrons. The van der Waals surface area contributed by atoms with Gasteiger partial charge in [0.15, 0.2) is 4.80 Å². The Labute approximate surface area is 135 Å². The third kappa shape index (κ3) is 3.88. The van der Waals surface area contributed by atoms with Gasteiger partial charge in [0.25, 0.3) is 11.5 Å². The molecule has 10 heteroatoms. The number of hydrogen-bond donors (Lipinski definition) is 0. The molecule has 0 saturated carbocycles. The van der Waals surface area contributed by atoms with E-state index in [0.29, 0.717) is 0 Å². The van der Waals surface area contributed by atoms with E-state index in [9.17, 15) is 22.4 Å². The summed E-state index contributed by atoms with van der Waals surface area (Å²) in [5.41, 5.74) is -3.14. The van der Waals surface area contributed by atoms with Gasteiger partial charge in [0.05, 0.1) is 5.56 Å². The molecule has 1 aromatic heterocycles. The van der Waals surface area contributed by atoms with Crippen LogP contribution in [0.1, 0.15) is 5.56 Å². The Kier molecular flexibility index (Phi) is 4.93. The zero-order valence-electron chi connectivity index (χ0n) is 10.4. The summed E-state index contributed by atoms with van der Waals surface area (Å²) in [6, 6.07) is 4.33. The number of thiazole rings is 1. The lowest BCUT2D eigenvalue weighted by molar-refractivity contribution is -0.137. The predicted molar refractivity (Wildman–Crippen MR) is 75.0 cm³/mol. The van der Waals surface area contributed by atoms with Crippen LogP contribution in [0.4, 0.5) is 17.6 Å². The van der Waals surface area contributed by atoms with Crippen molar-refractivity contribution in [1.82, 2.24) is 4.57 Å². The van der Waals surface area contributed by atoms with Crippen molar-refractivity contribution in [3.05, 3.63) is 45.2 Å². The highest BCUT2D eigenvalue weighted by atomic mass is 35.5. The van der Waals surface area contributed by atoms with Crippen LogP contribution in [0.25, 0.3) is 5.69 Å². The van der Waals surface area contributed by atoms with E-state index >= 15 is 0 Å². The highest BCUT2D eigenvalue weighted by Gasteiger charge is 2.30. The molecule has 1 atom stereocenters. The molecule has 2 rings (SSSR count). The van der Waals surface area contributed by atoms with Gasteiger partial charge in [-0.1, -0.05) is 40.6 Å². The summed E-state index contributed by atoms with van der Waals surface area (Å²) in [5, 5.41) is 0. The SMILES string of the molecule is O=C(N=c1sc(Cl)cn1-c1cccc(C(F)(F)F)c1)C(F)Cl. The number of rotatable bonds is 2. The molecular weight excluding hydrogens is 367 g/mol. The summed E-state index contributed by atoms with van der Waals surface area (Å²) < 4.78 is 52.2. The molecule has 0 saturated heterocycles. The molecule has 0 aliphatic heterocycles. The Morgan fingerprint density at radius 2 is 2.05 bits per heavy atom. The van der Waals surface area contributed by atoms with Crippen LogP contribution in [-0.2, 0) is 11.0 Å². The standard InChI is InChI=1S/C12H6Cl2F4N2OS/c13-8-5-20(11(22-8)19-10(21)9(14)15)7-3-1-2-6(4-7)12(16,17)18/h1-5,9H. The van der Waals surface area contributed by atoms with Crippen molar-refractivity contribution >= 4 is 40.4 Å². The van der Waals surface area contributed by atoms with Gasteiger partial charge in [0.1, 0.15) is 4.34 Å². The van der Waals surface area contributed by atoms with Crippen molar-refractivity contribution in [2.24, 2.45) is 4.99 Å². The van der Waals surface area contributed by atoms with E-state index in [-0.39, 0.29) is 14.8 Å². The smallest absolute Gasteiger partial charge is 0.291 e. The first-order valence-electron chi connectivity index (χ1n) is 5.61. The topological polar surface area (TPSA) is 34.4 Å². The quantitative estimate of drug-likeness (QED) is 0.575. The Morgan fingerprint density at radius 1 is 1.36 bits per heavy atom. The lowest BCUT2D eigenvalue weighted by Gasteiger charge is -2.09. The fourth-order valence-corrected chi connectivity index (χ4v) is 2.63. The molecule has 3 nitrogen and oxygen atoms in total. The fraction of sp³-hybridized carbons (Fsp3) is 0.167. The molecule has 22 heavy (non-hydrogen) atoms. The second kappa shape index (κ2) is 6.39. The van der Waals surface area contributed by atoms with Crippen molar-refractivity contribution in [1.29, 1.82) is 0 Å². The molecule has 0 spiro atoms. The lowest BCUT2D eigenvalue weighted by atomic mass is 10.2. The van der Waals surface area contributed by atoms with Crippen molar-refractivity contribution in [3.8, 4) is 5.69 Å². The molecule has 0 N–H and O–H groups in total. The number of hydrogen-bond acceptors (Lipinski definition) is 2. The third-order valence-electron chi connectivity index (χ3n) is 2.47. The van der Waals surface area contributed by atoms with Crippen LogP contribution in [0.2, 0.25) is 4.34 Å². The Morgan fingerprint density at radius 3 is 2.64 bits per heavy atom. The van der Waals surface area contributed by atoms with E-state index in [4.69, 9.17) is 23.2 Å². The number of nitrogens with zero attached hydrogens (tertiary/aromatic N) is 2. The van der Waals surface area contributed by atoms with E-state index in [0.717, 1.165) is 28.0 Å². The number of halogens is 6. The van der Waals surface area contributed by atoms with E-state index in [1.807, 2.05) is 0 Å². The minimum absolute atomic E-state index is 0.0782. The average Bonchev–Trinajstić information content (AvgIpc) is 2.78. The van der Waals surface area contributed by atoms with Crippen LogP contribution < -0.4 is 4.80 Å². The van der Waals surface area contributed by atoms with Gasteiger partial charge in [-0.05, 0) is 18.2 Å². The number of benzene rings is 1. The Bertz CT molecular complexity index is 767. The van der Waals surface area contributed by atoms with Crippen LogP contribution in [0.15, 0.2) is 35.5 Å². The van der Waals surface area contributed by atoms with Crippen molar-refractivity contribution < 1.29 is 22.4 Å². The summed E-state index contributed by atoms with van der Waals surface area (Å²) >= 11 is 11.6. The van der Waals surface area contributed by atoms with E-state index in [1.165, 1.54) is 18.3 Å². The molecule has 0 aliphatic carbocycles. The largest absolute Gasteiger partial charge is 0.416 e. The average molecular weight is 373 g/mol. The first kappa shape index (κ1) is 17.0. The van der Waals surface area contributed by atoms with Gasteiger partial charge in [-0.25, -0.2) is 4.39 Å². The number of carbonyl (C=O) groups is 1. The van der Waals surface area contributed by atoms with Crippen LogP contribution >= 0.6 is 34.5 Å². The maximum absolute atomic E-state index is 12.7. The first-order chi connectivity index (χ1) is 10.2. The monoisotopic (exact) mass is 372 g/mol. The molecule has 1 aromatic carbocycles. The molecule has 1 heterocycles. The van der Waals surface area contributed by atoms with Crippen LogP contribution in [0, 0.1) is 0 Å². The van der Waals surface area contributed by atoms with Gasteiger partial charge in [0.2, 0.25) is 0 Å². The minimum atomic E-state index is -4.52. The van der Waals surface area contributed by atoms with Crippen LogP contribution in [-0.4, -0.2) is 16.1 Å². The highest BCUT2D eigenvalue weighted by Crippen LogP contribution is 2.30. The molecule has 2 aromatic rings. The number of aromatic nitrogens is 1. The molecule has 1 amide bonds. The predicted octanol–water partition coefficient (Wildman–Crippen LogP) is 4.17. The third-order valence-corrected chi connectivity index (χ3v) is 3.76. The molecule has 0 aliphatic rings. The lowest BCUT2D eigenvalue weighted by Crippen LogP contribution is -2.18. The summed E-state index contributed by atoms with van der Waals surface area (Å²) in [5.74, 6) is -1.26. The molecular formula is C12H6Cl2F4N2OS. The van der Waals surface area contributed by atoms with Crippen LogP contribution in [0.3, 0.4) is 0 Å². The Balaban J connectivity index is 2.57. The minimum Gasteiger partial charge on any atom is -0.291 e. The zero-order chi connectivity index (χ0) is 16.5.